The van der Waals surface area contributed by atoms with Gasteiger partial charge in [0.25, 0.3) is 0 Å². The monoisotopic (exact) mass is 264 g/mol. The maximum atomic E-state index is 5.56. The molecule has 1 aliphatic rings. The van der Waals surface area contributed by atoms with Gasteiger partial charge in [-0.2, -0.15) is 0 Å². The summed E-state index contributed by atoms with van der Waals surface area (Å²) < 4.78 is 0. The first-order valence-electron chi connectivity index (χ1n) is 6.33. The van der Waals surface area contributed by atoms with Crippen molar-refractivity contribution in [3.05, 3.63) is 30.3 Å². The van der Waals surface area contributed by atoms with Gasteiger partial charge in [0.1, 0.15) is 0 Å². The van der Waals surface area contributed by atoms with Crippen molar-refractivity contribution in [2.75, 3.05) is 44.6 Å². The highest BCUT2D eigenvalue weighted by atomic mass is 32.1. The van der Waals surface area contributed by atoms with E-state index in [1.165, 1.54) is 0 Å². The number of nitrogens with two attached hydrogens (primary N) is 1. The minimum atomic E-state index is 0.729. The lowest BCUT2D eigenvalue weighted by molar-refractivity contribution is 0.188. The molecule has 5 heteroatoms. The minimum Gasteiger partial charge on any atom is -0.346 e. The van der Waals surface area contributed by atoms with E-state index in [2.05, 4.69) is 15.1 Å². The van der Waals surface area contributed by atoms with Crippen LogP contribution in [0.25, 0.3) is 0 Å². The molecule has 3 N–H and O–H groups in total. The van der Waals surface area contributed by atoms with Crippen LogP contribution < -0.4 is 11.1 Å². The van der Waals surface area contributed by atoms with Gasteiger partial charge in [0.2, 0.25) is 0 Å². The van der Waals surface area contributed by atoms with Crippen LogP contribution in [0.15, 0.2) is 30.3 Å². The van der Waals surface area contributed by atoms with E-state index in [-0.39, 0.29) is 0 Å². The van der Waals surface area contributed by atoms with E-state index in [9.17, 15) is 0 Å². The Morgan fingerprint density at radius 1 is 1.17 bits per heavy atom. The van der Waals surface area contributed by atoms with Gasteiger partial charge in [-0.05, 0) is 24.4 Å². The van der Waals surface area contributed by atoms with E-state index < -0.39 is 0 Å². The zero-order chi connectivity index (χ0) is 12.8. The quantitative estimate of drug-likeness (QED) is 0.796. The van der Waals surface area contributed by atoms with Gasteiger partial charge in [-0.25, -0.2) is 0 Å². The lowest BCUT2D eigenvalue weighted by Gasteiger charge is -2.36. The largest absolute Gasteiger partial charge is 0.346 e. The van der Waals surface area contributed by atoms with Crippen molar-refractivity contribution in [3.63, 3.8) is 0 Å². The van der Waals surface area contributed by atoms with Crippen molar-refractivity contribution < 1.29 is 0 Å². The van der Waals surface area contributed by atoms with E-state index in [4.69, 9.17) is 18.0 Å². The van der Waals surface area contributed by atoms with Crippen LogP contribution in [-0.4, -0.2) is 54.2 Å². The number of hydrogen-bond donors (Lipinski definition) is 2. The van der Waals surface area contributed by atoms with Gasteiger partial charge < -0.3 is 16.0 Å². The molecule has 0 saturated carbocycles. The van der Waals surface area contributed by atoms with Crippen LogP contribution in [0.4, 0.5) is 5.69 Å². The van der Waals surface area contributed by atoms with E-state index in [0.29, 0.717) is 0 Å². The van der Waals surface area contributed by atoms with Crippen molar-refractivity contribution in [1.29, 1.82) is 0 Å². The summed E-state index contributed by atoms with van der Waals surface area (Å²) in [4.78, 5) is 4.59. The molecule has 0 aromatic heterocycles. The Hall–Kier alpha value is -1.17. The van der Waals surface area contributed by atoms with Crippen LogP contribution in [0.3, 0.4) is 0 Å². The van der Waals surface area contributed by atoms with Crippen LogP contribution >= 0.6 is 12.2 Å². The number of hydrogen-bond acceptors (Lipinski definition) is 3. The van der Waals surface area contributed by atoms with E-state index in [0.717, 1.165) is 50.1 Å². The summed E-state index contributed by atoms with van der Waals surface area (Å²) in [6, 6.07) is 10.1. The molecule has 1 aromatic rings. The molecule has 0 atom stereocenters. The number of nitrogens with one attached hydrogen (secondary N) is 1. The van der Waals surface area contributed by atoms with Crippen LogP contribution in [0, 0.1) is 0 Å². The fraction of sp³-hybridized carbons (Fsp3) is 0.462. The summed E-state index contributed by atoms with van der Waals surface area (Å²) in [5.41, 5.74) is 6.61. The van der Waals surface area contributed by atoms with Crippen LogP contribution in [0.5, 0.6) is 0 Å². The molecule has 0 bridgehead atoms. The number of anilines is 1. The van der Waals surface area contributed by atoms with E-state index in [1.807, 2.05) is 30.3 Å². The number of benzene rings is 1. The number of thiocarbonyl (C=S) groups is 1. The van der Waals surface area contributed by atoms with Gasteiger partial charge >= 0.3 is 0 Å². The summed E-state index contributed by atoms with van der Waals surface area (Å²) in [6.07, 6.45) is 0. The molecule has 0 spiro atoms. The Bertz CT molecular complexity index is 374. The topological polar surface area (TPSA) is 44.5 Å². The molecule has 0 radical (unpaired) electrons. The number of piperazine rings is 1. The molecule has 18 heavy (non-hydrogen) atoms. The van der Waals surface area contributed by atoms with Gasteiger partial charge in [0.15, 0.2) is 5.11 Å². The van der Waals surface area contributed by atoms with Crippen molar-refractivity contribution in [1.82, 2.24) is 9.80 Å². The first kappa shape index (κ1) is 13.3. The summed E-state index contributed by atoms with van der Waals surface area (Å²) in [7, 11) is 0. The van der Waals surface area contributed by atoms with Crippen molar-refractivity contribution >= 4 is 23.0 Å². The maximum absolute atomic E-state index is 5.56. The van der Waals surface area contributed by atoms with Gasteiger partial charge in [-0.3, -0.25) is 4.90 Å². The Balaban J connectivity index is 1.81. The second kappa shape index (κ2) is 6.68. The molecule has 1 fully saturated rings. The highest BCUT2D eigenvalue weighted by molar-refractivity contribution is 7.80. The normalized spacial score (nSPS) is 16.6. The van der Waals surface area contributed by atoms with Crippen molar-refractivity contribution in [2.24, 2.45) is 5.73 Å². The molecule has 98 valence electrons. The minimum absolute atomic E-state index is 0.729. The second-order valence-corrected chi connectivity index (χ2v) is 4.80. The molecule has 2 rings (SSSR count). The molecule has 0 unspecified atom stereocenters. The van der Waals surface area contributed by atoms with E-state index in [1.54, 1.807) is 0 Å². The van der Waals surface area contributed by atoms with Gasteiger partial charge in [0, 0.05) is 45.0 Å². The fourth-order valence-corrected chi connectivity index (χ4v) is 2.38. The Kier molecular flexibility index (Phi) is 4.92. The average molecular weight is 264 g/mol. The summed E-state index contributed by atoms with van der Waals surface area (Å²) in [5.74, 6) is 0. The van der Waals surface area contributed by atoms with Crippen molar-refractivity contribution in [2.45, 2.75) is 0 Å². The smallest absolute Gasteiger partial charge is 0.173 e. The second-order valence-electron chi connectivity index (χ2n) is 4.41. The molecule has 0 amide bonds. The molecular formula is C13H20N4S. The summed E-state index contributed by atoms with van der Waals surface area (Å²) in [6.45, 7) is 5.72. The molecule has 1 saturated heterocycles. The average Bonchev–Trinajstić information content (AvgIpc) is 2.41. The predicted molar refractivity (Wildman–Crippen MR) is 79.7 cm³/mol. The third kappa shape index (κ3) is 3.66. The lowest BCUT2D eigenvalue weighted by Crippen LogP contribution is -2.50. The van der Waals surface area contributed by atoms with Crippen LogP contribution in [0.2, 0.25) is 0 Å². The van der Waals surface area contributed by atoms with Gasteiger partial charge in [0.05, 0.1) is 0 Å². The Morgan fingerprint density at radius 3 is 2.44 bits per heavy atom. The van der Waals surface area contributed by atoms with E-state index >= 15 is 0 Å². The zero-order valence-corrected chi connectivity index (χ0v) is 11.3. The van der Waals surface area contributed by atoms with Gasteiger partial charge in [-0.15, -0.1) is 0 Å². The first-order chi connectivity index (χ1) is 8.79. The molecule has 4 nitrogen and oxygen atoms in total. The standard InChI is InChI=1S/C13H20N4S/c14-6-7-16-8-10-17(11-9-16)13(18)15-12-4-2-1-3-5-12/h1-5H,6-11,14H2,(H,15,18). The first-order valence-corrected chi connectivity index (χ1v) is 6.74. The number of para-hydroxylation sites is 1. The molecule has 1 heterocycles. The third-order valence-corrected chi connectivity index (χ3v) is 3.49. The van der Waals surface area contributed by atoms with Gasteiger partial charge in [-0.1, -0.05) is 18.2 Å². The maximum Gasteiger partial charge on any atom is 0.173 e. The Morgan fingerprint density at radius 2 is 1.83 bits per heavy atom. The van der Waals surface area contributed by atoms with Crippen molar-refractivity contribution in [3.8, 4) is 0 Å². The molecule has 0 aliphatic carbocycles. The predicted octanol–water partition coefficient (Wildman–Crippen LogP) is 0.960. The molecule has 1 aromatic carbocycles. The molecule has 1 aliphatic heterocycles. The van der Waals surface area contributed by atoms with Crippen LogP contribution in [0.1, 0.15) is 0 Å². The lowest BCUT2D eigenvalue weighted by atomic mass is 10.3. The Labute approximate surface area is 114 Å². The zero-order valence-electron chi connectivity index (χ0n) is 10.5. The highest BCUT2D eigenvalue weighted by Gasteiger charge is 2.17. The fourth-order valence-electron chi connectivity index (χ4n) is 2.08. The summed E-state index contributed by atoms with van der Waals surface area (Å²) in [5, 5.41) is 4.09. The summed E-state index contributed by atoms with van der Waals surface area (Å²) >= 11 is 5.43. The SMILES string of the molecule is NCCN1CCN(C(=S)Nc2ccccc2)CC1. The van der Waals surface area contributed by atoms with Crippen LogP contribution in [-0.2, 0) is 0 Å². The number of rotatable bonds is 3. The highest BCUT2D eigenvalue weighted by Crippen LogP contribution is 2.08. The molecular weight excluding hydrogens is 244 g/mol. The number of nitrogens with zero attached hydrogens (tertiary/aromatic N) is 2. The third-order valence-electron chi connectivity index (χ3n) is 3.13.